The molecule has 0 spiro atoms. The number of likely N-dealkylation sites (tertiary alicyclic amines) is 2. The Morgan fingerprint density at radius 2 is 1.88 bits per heavy atom. The molecule has 2 aromatic rings. The number of carbonyl (C=O) groups is 3. The molecule has 3 heterocycles. The Hall–Kier alpha value is -3.26. The number of piperidine rings is 1. The van der Waals surface area contributed by atoms with Gasteiger partial charge in [0.1, 0.15) is 5.75 Å². The van der Waals surface area contributed by atoms with Gasteiger partial charge in [-0.1, -0.05) is 30.3 Å². The lowest BCUT2D eigenvalue weighted by molar-refractivity contribution is -0.143. The van der Waals surface area contributed by atoms with Crippen molar-refractivity contribution >= 4 is 17.7 Å². The van der Waals surface area contributed by atoms with Crippen LogP contribution in [0.4, 0.5) is 0 Å². The third-order valence-electron chi connectivity index (χ3n) is 6.75. The third-order valence-corrected chi connectivity index (χ3v) is 6.75. The number of aromatic nitrogens is 1. The van der Waals surface area contributed by atoms with Gasteiger partial charge in [-0.3, -0.25) is 24.3 Å². The van der Waals surface area contributed by atoms with Gasteiger partial charge in [0.2, 0.25) is 17.7 Å². The predicted octanol–water partition coefficient (Wildman–Crippen LogP) is 2.57. The molecule has 2 aliphatic heterocycles. The van der Waals surface area contributed by atoms with Crippen molar-refractivity contribution in [1.82, 2.24) is 14.8 Å². The van der Waals surface area contributed by atoms with Crippen LogP contribution in [0.5, 0.6) is 5.75 Å². The van der Waals surface area contributed by atoms with Crippen LogP contribution < -0.4 is 4.74 Å². The number of ether oxygens (including phenoxy) is 2. The lowest BCUT2D eigenvalue weighted by atomic mass is 9.75. The summed E-state index contributed by atoms with van der Waals surface area (Å²) in [7, 11) is 1.69. The average Bonchev–Trinajstić information content (AvgIpc) is 3.12. The smallest absolute Gasteiger partial charge is 0.240 e. The number of hydrogen-bond acceptors (Lipinski definition) is 6. The minimum atomic E-state index is -1.17. The second-order valence-corrected chi connectivity index (χ2v) is 8.86. The third kappa shape index (κ3) is 5.12. The van der Waals surface area contributed by atoms with Crippen LogP contribution in [0.3, 0.4) is 0 Å². The van der Waals surface area contributed by atoms with Crippen LogP contribution in [0.2, 0.25) is 0 Å². The summed E-state index contributed by atoms with van der Waals surface area (Å²) in [5.74, 6) is -0.00399. The first-order chi connectivity index (χ1) is 16.5. The summed E-state index contributed by atoms with van der Waals surface area (Å²) >= 11 is 0. The first kappa shape index (κ1) is 23.9. The Bertz CT molecular complexity index is 992. The van der Waals surface area contributed by atoms with Gasteiger partial charge >= 0.3 is 0 Å². The molecule has 0 saturated carbocycles. The van der Waals surface area contributed by atoms with Gasteiger partial charge in [0, 0.05) is 45.8 Å². The van der Waals surface area contributed by atoms with Crippen molar-refractivity contribution in [3.8, 4) is 5.75 Å². The Kier molecular flexibility index (Phi) is 7.57. The van der Waals surface area contributed by atoms with Gasteiger partial charge in [0.15, 0.2) is 0 Å². The Labute approximate surface area is 199 Å². The fraction of sp³-hybridized carbons (Fsp3) is 0.462. The maximum Gasteiger partial charge on any atom is 0.240 e. The monoisotopic (exact) mass is 465 g/mol. The molecule has 2 aliphatic rings. The average molecular weight is 466 g/mol. The topological polar surface area (TPSA) is 89.0 Å². The number of benzene rings is 1. The SMILES string of the molecule is COC1CCN(C(=O)C[C@]2(c3ccccc3)CC(=O)N(CCCOc3cccnc3)C2=O)CC1. The van der Waals surface area contributed by atoms with Crippen molar-refractivity contribution in [2.24, 2.45) is 0 Å². The van der Waals surface area contributed by atoms with Crippen molar-refractivity contribution in [3.05, 3.63) is 60.4 Å². The zero-order valence-electron chi connectivity index (χ0n) is 19.5. The van der Waals surface area contributed by atoms with Crippen LogP contribution in [0.25, 0.3) is 0 Å². The van der Waals surface area contributed by atoms with Crippen molar-refractivity contribution in [2.45, 2.75) is 43.6 Å². The van der Waals surface area contributed by atoms with E-state index >= 15 is 0 Å². The summed E-state index contributed by atoms with van der Waals surface area (Å²) in [6.45, 7) is 1.80. The molecule has 8 heteroatoms. The highest BCUT2D eigenvalue weighted by Gasteiger charge is 2.53. The molecule has 1 atom stereocenters. The maximum absolute atomic E-state index is 13.7. The zero-order valence-corrected chi connectivity index (χ0v) is 19.5. The minimum absolute atomic E-state index is 0.000412. The van der Waals surface area contributed by atoms with Crippen LogP contribution in [-0.4, -0.2) is 72.0 Å². The Balaban J connectivity index is 1.45. The van der Waals surface area contributed by atoms with Crippen LogP contribution in [-0.2, 0) is 24.5 Å². The number of rotatable bonds is 9. The number of hydrogen-bond donors (Lipinski definition) is 0. The highest BCUT2D eigenvalue weighted by atomic mass is 16.5. The van der Waals surface area contributed by atoms with E-state index in [1.54, 1.807) is 36.5 Å². The quantitative estimate of drug-likeness (QED) is 0.418. The number of carbonyl (C=O) groups excluding carboxylic acids is 3. The van der Waals surface area contributed by atoms with Crippen molar-refractivity contribution in [3.63, 3.8) is 0 Å². The summed E-state index contributed by atoms with van der Waals surface area (Å²) in [5.41, 5.74) is -0.458. The van der Waals surface area contributed by atoms with E-state index in [0.29, 0.717) is 37.4 Å². The van der Waals surface area contributed by atoms with E-state index < -0.39 is 5.41 Å². The molecular formula is C26H31N3O5. The highest BCUT2D eigenvalue weighted by Crippen LogP contribution is 2.40. The minimum Gasteiger partial charge on any atom is -0.492 e. The Morgan fingerprint density at radius 3 is 2.56 bits per heavy atom. The zero-order chi connectivity index (χ0) is 24.0. The molecule has 34 heavy (non-hydrogen) atoms. The molecule has 0 unspecified atom stereocenters. The van der Waals surface area contributed by atoms with Gasteiger partial charge in [-0.05, 0) is 37.0 Å². The highest BCUT2D eigenvalue weighted by molar-refractivity contribution is 6.10. The molecule has 2 saturated heterocycles. The summed E-state index contributed by atoms with van der Waals surface area (Å²) in [6, 6.07) is 12.8. The van der Waals surface area contributed by atoms with Crippen LogP contribution in [0, 0.1) is 0 Å². The maximum atomic E-state index is 13.7. The second kappa shape index (κ2) is 10.8. The van der Waals surface area contributed by atoms with E-state index in [4.69, 9.17) is 9.47 Å². The molecule has 3 amide bonds. The van der Waals surface area contributed by atoms with Crippen LogP contribution in [0.1, 0.15) is 37.7 Å². The molecule has 0 N–H and O–H groups in total. The standard InChI is InChI=1S/C26H31N3O5/c1-33-21-10-14-28(15-11-21)23(30)17-26(20-7-3-2-4-8-20)18-24(31)29(25(26)32)13-6-16-34-22-9-5-12-27-19-22/h2-5,7-9,12,19,21H,6,10-11,13-18H2,1H3/t26-/m1/s1. The molecular weight excluding hydrogens is 434 g/mol. The predicted molar refractivity (Wildman–Crippen MR) is 125 cm³/mol. The number of methoxy groups -OCH3 is 1. The second-order valence-electron chi connectivity index (χ2n) is 8.86. The molecule has 1 aromatic carbocycles. The molecule has 0 aliphatic carbocycles. The van der Waals surface area contributed by atoms with Gasteiger partial charge < -0.3 is 14.4 Å². The molecule has 8 nitrogen and oxygen atoms in total. The number of amides is 3. The van der Waals surface area contributed by atoms with E-state index in [0.717, 1.165) is 12.8 Å². The van der Waals surface area contributed by atoms with E-state index in [9.17, 15) is 14.4 Å². The van der Waals surface area contributed by atoms with Gasteiger partial charge in [-0.2, -0.15) is 0 Å². The lowest BCUT2D eigenvalue weighted by Gasteiger charge is -2.34. The molecule has 180 valence electrons. The summed E-state index contributed by atoms with van der Waals surface area (Å²) < 4.78 is 11.1. The summed E-state index contributed by atoms with van der Waals surface area (Å²) in [6.07, 6.45) is 5.47. The fourth-order valence-corrected chi connectivity index (χ4v) is 4.81. The van der Waals surface area contributed by atoms with Crippen molar-refractivity contribution in [2.75, 3.05) is 33.4 Å². The van der Waals surface area contributed by atoms with E-state index in [2.05, 4.69) is 4.98 Å². The molecule has 0 radical (unpaired) electrons. The van der Waals surface area contributed by atoms with E-state index in [-0.39, 0.29) is 43.2 Å². The van der Waals surface area contributed by atoms with Gasteiger partial charge in [-0.25, -0.2) is 0 Å². The Morgan fingerprint density at radius 1 is 1.12 bits per heavy atom. The normalized spacial score (nSPS) is 21.2. The van der Waals surface area contributed by atoms with Crippen LogP contribution >= 0.6 is 0 Å². The van der Waals surface area contributed by atoms with Crippen molar-refractivity contribution < 1.29 is 23.9 Å². The van der Waals surface area contributed by atoms with E-state index in [1.165, 1.54) is 4.90 Å². The number of imide groups is 1. The van der Waals surface area contributed by atoms with Crippen molar-refractivity contribution in [1.29, 1.82) is 0 Å². The lowest BCUT2D eigenvalue weighted by Crippen LogP contribution is -2.46. The molecule has 4 rings (SSSR count). The molecule has 1 aromatic heterocycles. The number of pyridine rings is 1. The first-order valence-corrected chi connectivity index (χ1v) is 11.8. The van der Waals surface area contributed by atoms with Gasteiger partial charge in [0.05, 0.1) is 24.3 Å². The summed E-state index contributed by atoms with van der Waals surface area (Å²) in [4.78, 5) is 47.0. The van der Waals surface area contributed by atoms with Crippen LogP contribution in [0.15, 0.2) is 54.9 Å². The first-order valence-electron chi connectivity index (χ1n) is 11.8. The summed E-state index contributed by atoms with van der Waals surface area (Å²) in [5, 5.41) is 0. The number of nitrogens with zero attached hydrogens (tertiary/aromatic N) is 3. The van der Waals surface area contributed by atoms with Gasteiger partial charge in [-0.15, -0.1) is 0 Å². The largest absolute Gasteiger partial charge is 0.492 e. The molecule has 2 fully saturated rings. The fourth-order valence-electron chi connectivity index (χ4n) is 4.81. The van der Waals surface area contributed by atoms with Gasteiger partial charge in [0.25, 0.3) is 0 Å². The molecule has 0 bridgehead atoms. The van der Waals surface area contributed by atoms with E-state index in [1.807, 2.05) is 30.3 Å².